The van der Waals surface area contributed by atoms with Gasteiger partial charge in [0.05, 0.1) is 0 Å². The molecule has 0 spiro atoms. The summed E-state index contributed by atoms with van der Waals surface area (Å²) < 4.78 is 1.36. The summed E-state index contributed by atoms with van der Waals surface area (Å²) in [5, 5.41) is 7.16. The van der Waals surface area contributed by atoms with E-state index in [0.717, 1.165) is 6.54 Å². The molecule has 0 aliphatic rings. The van der Waals surface area contributed by atoms with Crippen molar-refractivity contribution < 1.29 is 0 Å². The molecule has 2 heteroatoms. The van der Waals surface area contributed by atoms with Crippen LogP contribution in [0, 0.1) is 0 Å². The number of fused-ring (bicyclic) bond motifs is 1. The van der Waals surface area contributed by atoms with Gasteiger partial charge in [-0.2, -0.15) is 0 Å². The van der Waals surface area contributed by atoms with Gasteiger partial charge in [-0.1, -0.05) is 44.2 Å². The van der Waals surface area contributed by atoms with Crippen LogP contribution in [0.15, 0.2) is 53.9 Å². The molecule has 0 fully saturated rings. The summed E-state index contributed by atoms with van der Waals surface area (Å²) in [6.07, 6.45) is 0. The van der Waals surface area contributed by atoms with Crippen LogP contribution in [0.1, 0.15) is 30.9 Å². The van der Waals surface area contributed by atoms with Crippen LogP contribution in [0.3, 0.4) is 0 Å². The van der Waals surface area contributed by atoms with Crippen LogP contribution >= 0.6 is 11.3 Å². The molecule has 3 aromatic rings. The van der Waals surface area contributed by atoms with Crippen molar-refractivity contribution in [1.82, 2.24) is 0 Å². The van der Waals surface area contributed by atoms with Crippen molar-refractivity contribution in [3.05, 3.63) is 65.0 Å². The van der Waals surface area contributed by atoms with Gasteiger partial charge in [-0.15, -0.1) is 11.3 Å². The highest BCUT2D eigenvalue weighted by Crippen LogP contribution is 2.26. The summed E-state index contributed by atoms with van der Waals surface area (Å²) in [4.78, 5) is 0. The van der Waals surface area contributed by atoms with E-state index in [1.54, 1.807) is 0 Å². The zero-order chi connectivity index (χ0) is 13.9. The molecule has 1 N–H and O–H groups in total. The molecule has 102 valence electrons. The summed E-state index contributed by atoms with van der Waals surface area (Å²) in [6.45, 7) is 5.34. The number of hydrogen-bond donors (Lipinski definition) is 1. The normalized spacial score (nSPS) is 11.2. The fraction of sp³-hybridized carbons (Fsp3) is 0.222. The van der Waals surface area contributed by atoms with Crippen LogP contribution < -0.4 is 5.32 Å². The van der Waals surface area contributed by atoms with Gasteiger partial charge in [-0.25, -0.2) is 0 Å². The summed E-state index contributed by atoms with van der Waals surface area (Å²) in [5.41, 5.74) is 3.96. The van der Waals surface area contributed by atoms with E-state index in [9.17, 15) is 0 Å². The van der Waals surface area contributed by atoms with Gasteiger partial charge >= 0.3 is 0 Å². The zero-order valence-corrected chi connectivity index (χ0v) is 12.7. The standard InChI is InChI=1S/C18H19NS/c1-13(2)14-6-5-7-16(10-14)19-11-15-12-20-18-9-4-3-8-17(15)18/h3-10,12-13,19H,11H2,1-2H3. The highest BCUT2D eigenvalue weighted by Gasteiger charge is 2.04. The predicted octanol–water partition coefficient (Wildman–Crippen LogP) is 5.64. The predicted molar refractivity (Wildman–Crippen MR) is 89.7 cm³/mol. The molecule has 0 aliphatic heterocycles. The molecule has 0 saturated heterocycles. The lowest BCUT2D eigenvalue weighted by Gasteiger charge is -2.10. The third-order valence-corrected chi connectivity index (χ3v) is 4.61. The Bertz CT molecular complexity index is 712. The molecule has 0 aliphatic carbocycles. The van der Waals surface area contributed by atoms with E-state index in [1.807, 2.05) is 11.3 Å². The molecule has 3 rings (SSSR count). The fourth-order valence-electron chi connectivity index (χ4n) is 2.37. The number of anilines is 1. The minimum atomic E-state index is 0.568. The third kappa shape index (κ3) is 2.70. The zero-order valence-electron chi connectivity index (χ0n) is 11.9. The van der Waals surface area contributed by atoms with Gasteiger partial charge in [-0.3, -0.25) is 0 Å². The van der Waals surface area contributed by atoms with Crippen molar-refractivity contribution in [1.29, 1.82) is 0 Å². The Morgan fingerprint density at radius 3 is 2.75 bits per heavy atom. The maximum absolute atomic E-state index is 3.54. The average molecular weight is 281 g/mol. The Hall–Kier alpha value is -1.80. The lowest BCUT2D eigenvalue weighted by molar-refractivity contribution is 0.866. The first-order valence-electron chi connectivity index (χ1n) is 7.03. The number of rotatable bonds is 4. The number of hydrogen-bond acceptors (Lipinski definition) is 2. The Morgan fingerprint density at radius 1 is 1.05 bits per heavy atom. The van der Waals surface area contributed by atoms with Crippen molar-refractivity contribution in [2.45, 2.75) is 26.3 Å². The highest BCUT2D eigenvalue weighted by molar-refractivity contribution is 7.17. The van der Waals surface area contributed by atoms with E-state index < -0.39 is 0 Å². The van der Waals surface area contributed by atoms with E-state index in [-0.39, 0.29) is 0 Å². The first kappa shape index (κ1) is 13.2. The van der Waals surface area contributed by atoms with Crippen LogP contribution in [0.5, 0.6) is 0 Å². The molecule has 1 aromatic heterocycles. The van der Waals surface area contributed by atoms with Crippen LogP contribution in [0.2, 0.25) is 0 Å². The summed E-state index contributed by atoms with van der Waals surface area (Å²) in [6, 6.07) is 17.3. The second-order valence-electron chi connectivity index (χ2n) is 5.39. The first-order chi connectivity index (χ1) is 9.74. The first-order valence-corrected chi connectivity index (χ1v) is 7.91. The maximum atomic E-state index is 3.54. The van der Waals surface area contributed by atoms with Gasteiger partial charge in [-0.05, 0) is 46.0 Å². The van der Waals surface area contributed by atoms with Crippen LogP contribution in [-0.2, 0) is 6.54 Å². The quantitative estimate of drug-likeness (QED) is 0.653. The van der Waals surface area contributed by atoms with Crippen molar-refractivity contribution >= 4 is 27.1 Å². The van der Waals surface area contributed by atoms with Gasteiger partial charge in [0.15, 0.2) is 0 Å². The molecule has 0 atom stereocenters. The molecule has 2 aromatic carbocycles. The van der Waals surface area contributed by atoms with E-state index in [2.05, 4.69) is 73.1 Å². The number of thiophene rings is 1. The second-order valence-corrected chi connectivity index (χ2v) is 6.30. The average Bonchev–Trinajstić information content (AvgIpc) is 2.89. The van der Waals surface area contributed by atoms with Gasteiger partial charge < -0.3 is 5.32 Å². The molecule has 1 heterocycles. The van der Waals surface area contributed by atoms with Gasteiger partial charge in [0.1, 0.15) is 0 Å². The molecular weight excluding hydrogens is 262 g/mol. The minimum Gasteiger partial charge on any atom is -0.381 e. The van der Waals surface area contributed by atoms with Crippen molar-refractivity contribution in [2.75, 3.05) is 5.32 Å². The lowest BCUT2D eigenvalue weighted by atomic mass is 10.0. The van der Waals surface area contributed by atoms with Crippen LogP contribution in [-0.4, -0.2) is 0 Å². The van der Waals surface area contributed by atoms with E-state index in [4.69, 9.17) is 0 Å². The van der Waals surface area contributed by atoms with Gasteiger partial charge in [0, 0.05) is 16.9 Å². The Kier molecular flexibility index (Phi) is 3.75. The maximum Gasteiger partial charge on any atom is 0.0415 e. The largest absolute Gasteiger partial charge is 0.381 e. The Labute approximate surface area is 124 Å². The van der Waals surface area contributed by atoms with E-state index in [0.29, 0.717) is 5.92 Å². The summed E-state index contributed by atoms with van der Waals surface area (Å²) in [5.74, 6) is 0.568. The molecule has 0 unspecified atom stereocenters. The monoisotopic (exact) mass is 281 g/mol. The molecule has 0 amide bonds. The molecule has 0 radical (unpaired) electrons. The van der Waals surface area contributed by atoms with Gasteiger partial charge in [0.2, 0.25) is 0 Å². The third-order valence-electron chi connectivity index (χ3n) is 3.60. The smallest absolute Gasteiger partial charge is 0.0415 e. The summed E-state index contributed by atoms with van der Waals surface area (Å²) in [7, 11) is 0. The van der Waals surface area contributed by atoms with Crippen molar-refractivity contribution in [3.8, 4) is 0 Å². The van der Waals surface area contributed by atoms with E-state index >= 15 is 0 Å². The fourth-order valence-corrected chi connectivity index (χ4v) is 3.34. The SMILES string of the molecule is CC(C)c1cccc(NCc2csc3ccccc23)c1. The molecular formula is C18H19NS. The molecule has 1 nitrogen and oxygen atoms in total. The van der Waals surface area contributed by atoms with Crippen molar-refractivity contribution in [3.63, 3.8) is 0 Å². The Balaban J connectivity index is 1.78. The van der Waals surface area contributed by atoms with Crippen LogP contribution in [0.4, 0.5) is 5.69 Å². The lowest BCUT2D eigenvalue weighted by Crippen LogP contribution is -1.99. The van der Waals surface area contributed by atoms with Crippen molar-refractivity contribution in [2.24, 2.45) is 0 Å². The molecule has 0 saturated carbocycles. The van der Waals surface area contributed by atoms with E-state index in [1.165, 1.54) is 26.9 Å². The van der Waals surface area contributed by atoms with Gasteiger partial charge in [0.25, 0.3) is 0 Å². The Morgan fingerprint density at radius 2 is 1.90 bits per heavy atom. The number of nitrogens with one attached hydrogen (secondary N) is 1. The molecule has 0 bridgehead atoms. The second kappa shape index (κ2) is 5.68. The number of benzene rings is 2. The summed E-state index contributed by atoms with van der Waals surface area (Å²) >= 11 is 1.82. The topological polar surface area (TPSA) is 12.0 Å². The minimum absolute atomic E-state index is 0.568. The van der Waals surface area contributed by atoms with Crippen LogP contribution in [0.25, 0.3) is 10.1 Å². The highest BCUT2D eigenvalue weighted by atomic mass is 32.1. The molecule has 20 heavy (non-hydrogen) atoms.